The number of anilines is 2. The Morgan fingerprint density at radius 3 is 2.58 bits per heavy atom. The molecule has 258 valence electrons. The van der Waals surface area contributed by atoms with Crippen molar-refractivity contribution in [1.29, 1.82) is 0 Å². The van der Waals surface area contributed by atoms with Crippen molar-refractivity contribution < 1.29 is 36.9 Å². The van der Waals surface area contributed by atoms with Crippen LogP contribution < -0.4 is 19.5 Å². The summed E-state index contributed by atoms with van der Waals surface area (Å²) < 4.78 is 63.4. The number of pyridine rings is 2. The van der Waals surface area contributed by atoms with Crippen LogP contribution in [0, 0.1) is 5.82 Å². The number of hydrogen-bond acceptors (Lipinski definition) is 10. The highest BCUT2D eigenvalue weighted by Gasteiger charge is 2.26. The number of nitrogens with one attached hydrogen (secondary N) is 2. The molecule has 14 heteroatoms. The monoisotopic (exact) mass is 699 g/mol. The molecule has 2 aliphatic heterocycles. The van der Waals surface area contributed by atoms with Crippen LogP contribution >= 0.6 is 0 Å². The predicted octanol–water partition coefficient (Wildman–Crippen LogP) is 5.13. The van der Waals surface area contributed by atoms with Gasteiger partial charge in [-0.05, 0) is 59.2 Å². The quantitative estimate of drug-likeness (QED) is 0.168. The first-order valence-electron chi connectivity index (χ1n) is 16.0. The molecule has 4 heterocycles. The predicted molar refractivity (Wildman–Crippen MR) is 184 cm³/mol. The Balaban J connectivity index is 1.33. The Bertz CT molecular complexity index is 2190. The Hall–Kier alpha value is -5.15. The first-order valence-corrected chi connectivity index (χ1v) is 17.5. The highest BCUT2D eigenvalue weighted by atomic mass is 32.2. The molecule has 3 aromatic carbocycles. The number of rotatable bonds is 11. The molecule has 12 nitrogen and oxygen atoms in total. The van der Waals surface area contributed by atoms with E-state index in [2.05, 4.69) is 24.9 Å². The van der Waals surface area contributed by atoms with Gasteiger partial charge in [0.2, 0.25) is 10.0 Å². The molecule has 1 saturated heterocycles. The number of carboxylic acid groups (broad SMARTS) is 1. The minimum Gasteiger partial charge on any atom is -0.497 e. The van der Waals surface area contributed by atoms with Crippen LogP contribution in [0.3, 0.4) is 0 Å². The van der Waals surface area contributed by atoms with Gasteiger partial charge in [-0.25, -0.2) is 22.3 Å². The summed E-state index contributed by atoms with van der Waals surface area (Å²) in [6, 6.07) is 14.5. The van der Waals surface area contributed by atoms with Crippen LogP contribution in [0.5, 0.6) is 11.5 Å². The Kier molecular flexibility index (Phi) is 9.33. The number of hydrogen-bond donors (Lipinski definition) is 3. The smallest absolute Gasteiger partial charge is 0.335 e. The molecule has 5 aromatic rings. The minimum absolute atomic E-state index is 0.00755. The van der Waals surface area contributed by atoms with Crippen LogP contribution in [0.4, 0.5) is 15.8 Å². The second-order valence-corrected chi connectivity index (χ2v) is 13.8. The van der Waals surface area contributed by atoms with E-state index in [0.717, 1.165) is 5.56 Å². The van der Waals surface area contributed by atoms with E-state index in [0.29, 0.717) is 79.6 Å². The number of ether oxygens (including phenoxy) is 3. The zero-order valence-electron chi connectivity index (χ0n) is 27.1. The fourth-order valence-corrected chi connectivity index (χ4v) is 7.32. The molecule has 0 spiro atoms. The van der Waals surface area contributed by atoms with Crippen molar-refractivity contribution in [2.75, 3.05) is 45.3 Å². The minimum atomic E-state index is -4.30. The van der Waals surface area contributed by atoms with Gasteiger partial charge < -0.3 is 24.6 Å². The number of morpholine rings is 1. The lowest BCUT2D eigenvalue weighted by Crippen LogP contribution is -2.35. The molecule has 1 fully saturated rings. The summed E-state index contributed by atoms with van der Waals surface area (Å²) in [4.78, 5) is 22.7. The largest absolute Gasteiger partial charge is 0.497 e. The Labute approximate surface area is 287 Å². The number of carbonyl (C=O) groups is 1. The van der Waals surface area contributed by atoms with Gasteiger partial charge in [0.05, 0.1) is 49.1 Å². The topological polar surface area (TPSA) is 152 Å². The third-order valence-corrected chi connectivity index (χ3v) is 10.1. The third-order valence-electron chi connectivity index (χ3n) is 8.72. The second-order valence-electron chi connectivity index (χ2n) is 12.0. The molecule has 50 heavy (non-hydrogen) atoms. The van der Waals surface area contributed by atoms with E-state index in [1.165, 1.54) is 25.4 Å². The van der Waals surface area contributed by atoms with Crippen LogP contribution in [0.2, 0.25) is 0 Å². The number of methoxy groups -OCH3 is 1. The summed E-state index contributed by atoms with van der Waals surface area (Å²) >= 11 is 0. The summed E-state index contributed by atoms with van der Waals surface area (Å²) in [6.07, 6.45) is 5.17. The molecular formula is C36H34FN5O7S. The number of fused-ring (bicyclic) bond motifs is 2. The second kappa shape index (κ2) is 14.0. The molecular weight excluding hydrogens is 665 g/mol. The molecule has 3 N–H and O–H groups in total. The molecule has 0 radical (unpaired) electrons. The fraction of sp³-hybridized carbons (Fsp3) is 0.250. The molecule has 0 atom stereocenters. The Morgan fingerprint density at radius 2 is 1.82 bits per heavy atom. The van der Waals surface area contributed by atoms with Gasteiger partial charge in [-0.1, -0.05) is 12.1 Å². The van der Waals surface area contributed by atoms with Gasteiger partial charge in [-0.3, -0.25) is 14.9 Å². The van der Waals surface area contributed by atoms with Crippen LogP contribution in [0.15, 0.2) is 78.1 Å². The van der Waals surface area contributed by atoms with E-state index in [1.54, 1.807) is 54.9 Å². The van der Waals surface area contributed by atoms with Crippen LogP contribution in [0.1, 0.15) is 27.0 Å². The normalized spacial score (nSPS) is 14.7. The van der Waals surface area contributed by atoms with Crippen molar-refractivity contribution in [2.24, 2.45) is 0 Å². The van der Waals surface area contributed by atoms with Gasteiger partial charge in [-0.2, -0.15) is 0 Å². The standard InChI is InChI=1S/C36H34FN5O7S/c1-47-28-4-2-22(3-5-28)17-40-50(45,46)32-20-39-31-16-25(29-19-38-18-24-6-9-49-35(24)29)15-30(37)33(31)34(32)41-27-13-23(12-26(14-27)36(43)44)21-42-7-10-48-11-8-42/h2-5,12-16,18-20,40H,6-11,17,21H2,1H3,(H,39,41)(H,43,44). The van der Waals surface area contributed by atoms with Crippen LogP contribution in [-0.2, 0) is 34.3 Å². The van der Waals surface area contributed by atoms with Gasteiger partial charge in [0.1, 0.15) is 22.2 Å². The molecule has 0 unspecified atom stereocenters. The summed E-state index contributed by atoms with van der Waals surface area (Å²) in [6.45, 7) is 3.35. The number of nitrogens with zero attached hydrogens (tertiary/aromatic N) is 3. The van der Waals surface area contributed by atoms with Crippen molar-refractivity contribution in [3.63, 3.8) is 0 Å². The summed E-state index contributed by atoms with van der Waals surface area (Å²) in [5.74, 6) is -0.654. The molecule has 0 bridgehead atoms. The molecule has 7 rings (SSSR count). The average molecular weight is 700 g/mol. The number of aromatic carboxylic acids is 1. The van der Waals surface area contributed by atoms with E-state index in [4.69, 9.17) is 14.2 Å². The van der Waals surface area contributed by atoms with E-state index < -0.39 is 21.8 Å². The van der Waals surface area contributed by atoms with Crippen molar-refractivity contribution in [3.05, 3.63) is 101 Å². The molecule has 2 aromatic heterocycles. The highest BCUT2D eigenvalue weighted by molar-refractivity contribution is 7.89. The van der Waals surface area contributed by atoms with Gasteiger partial charge >= 0.3 is 5.97 Å². The van der Waals surface area contributed by atoms with Crippen LogP contribution in [-0.4, -0.2) is 74.4 Å². The van der Waals surface area contributed by atoms with Crippen LogP contribution in [0.25, 0.3) is 22.0 Å². The maximum absolute atomic E-state index is 16.5. The maximum atomic E-state index is 16.5. The lowest BCUT2D eigenvalue weighted by Gasteiger charge is -2.27. The molecule has 0 amide bonds. The summed E-state index contributed by atoms with van der Waals surface area (Å²) in [5.41, 5.74) is 3.67. The third kappa shape index (κ3) is 6.96. The summed E-state index contributed by atoms with van der Waals surface area (Å²) in [7, 11) is -2.77. The van der Waals surface area contributed by atoms with E-state index in [1.807, 2.05) is 0 Å². The SMILES string of the molecule is COc1ccc(CNS(=O)(=O)c2cnc3cc(-c4cncc5c4OCC5)cc(F)c3c2Nc2cc(CN3CCOCC3)cc(C(=O)O)c2)cc1. The number of sulfonamides is 1. The number of carboxylic acids is 1. The average Bonchev–Trinajstić information content (AvgIpc) is 3.60. The fourth-order valence-electron chi connectivity index (χ4n) is 6.19. The number of halogens is 1. The van der Waals surface area contributed by atoms with Gasteiger partial charge in [0.25, 0.3) is 0 Å². The van der Waals surface area contributed by atoms with E-state index in [9.17, 15) is 18.3 Å². The number of aromatic nitrogens is 2. The molecule has 0 saturated carbocycles. The first kappa shape index (κ1) is 33.4. The van der Waals surface area contributed by atoms with E-state index >= 15 is 4.39 Å². The maximum Gasteiger partial charge on any atom is 0.335 e. The molecule has 2 aliphatic rings. The lowest BCUT2D eigenvalue weighted by molar-refractivity contribution is 0.0341. The first-order chi connectivity index (χ1) is 24.2. The van der Waals surface area contributed by atoms with Gasteiger partial charge in [0.15, 0.2) is 0 Å². The molecule has 0 aliphatic carbocycles. The number of benzene rings is 3. The lowest BCUT2D eigenvalue weighted by atomic mass is 10.0. The van der Waals surface area contributed by atoms with Crippen molar-refractivity contribution in [1.82, 2.24) is 19.6 Å². The summed E-state index contributed by atoms with van der Waals surface area (Å²) in [5, 5.41) is 13.0. The highest BCUT2D eigenvalue weighted by Crippen LogP contribution is 2.40. The van der Waals surface area contributed by atoms with Gasteiger partial charge in [-0.15, -0.1) is 0 Å². The van der Waals surface area contributed by atoms with Crippen molar-refractivity contribution >= 4 is 38.3 Å². The Morgan fingerprint density at radius 1 is 1.02 bits per heavy atom. The van der Waals surface area contributed by atoms with Crippen molar-refractivity contribution in [3.8, 4) is 22.6 Å². The van der Waals surface area contributed by atoms with Gasteiger partial charge in [0, 0.05) is 68.0 Å². The van der Waals surface area contributed by atoms with E-state index in [-0.39, 0.29) is 39.3 Å². The van der Waals surface area contributed by atoms with Crippen molar-refractivity contribution in [2.45, 2.75) is 24.4 Å². The zero-order chi connectivity index (χ0) is 34.8. The zero-order valence-corrected chi connectivity index (χ0v) is 27.9.